The molecule has 0 radical (unpaired) electrons. The van der Waals surface area contributed by atoms with Gasteiger partial charge >= 0.3 is 0 Å². The molecule has 7 aromatic rings. The molecule has 0 aromatic heterocycles. The molecule has 292 valence electrons. The van der Waals surface area contributed by atoms with Crippen LogP contribution in [-0.2, 0) is 5.41 Å². The van der Waals surface area contributed by atoms with Crippen LogP contribution in [0.3, 0.4) is 0 Å². The number of benzene rings is 7. The number of nitrogens with zero attached hydrogens (tertiary/aromatic N) is 1. The zero-order valence-electron chi connectivity index (χ0n) is 34.7. The highest BCUT2D eigenvalue weighted by atomic mass is 15.1. The Hall–Kier alpha value is -5.66. The van der Waals surface area contributed by atoms with Gasteiger partial charge in [0.15, 0.2) is 0 Å². The van der Waals surface area contributed by atoms with Gasteiger partial charge in [0.2, 0.25) is 0 Å². The summed E-state index contributed by atoms with van der Waals surface area (Å²) in [5.74, 6) is 3.24. The summed E-state index contributed by atoms with van der Waals surface area (Å²) in [5.41, 5.74) is 19.7. The summed E-state index contributed by atoms with van der Waals surface area (Å²) in [6.45, 7) is 4.81. The van der Waals surface area contributed by atoms with E-state index < -0.39 is 0 Å². The molecule has 0 amide bonds. The van der Waals surface area contributed by atoms with Crippen molar-refractivity contribution in [3.05, 3.63) is 186 Å². The largest absolute Gasteiger partial charge is 0.310 e. The first kappa shape index (κ1) is 36.4. The molecule has 2 bridgehead atoms. The summed E-state index contributed by atoms with van der Waals surface area (Å²) >= 11 is 0. The van der Waals surface area contributed by atoms with E-state index in [4.69, 9.17) is 0 Å². The van der Waals surface area contributed by atoms with Crippen LogP contribution in [0.2, 0.25) is 0 Å². The van der Waals surface area contributed by atoms with Gasteiger partial charge in [-0.25, -0.2) is 0 Å². The van der Waals surface area contributed by atoms with Crippen LogP contribution in [0.5, 0.6) is 0 Å². The molecule has 11 rings (SSSR count). The van der Waals surface area contributed by atoms with Gasteiger partial charge in [0.25, 0.3) is 0 Å². The molecule has 0 heterocycles. The highest BCUT2D eigenvalue weighted by Gasteiger charge is 2.40. The van der Waals surface area contributed by atoms with Crippen LogP contribution in [-0.4, -0.2) is 0 Å². The maximum absolute atomic E-state index is 2.49. The highest BCUT2D eigenvalue weighted by Crippen LogP contribution is 2.54. The summed E-state index contributed by atoms with van der Waals surface area (Å²) in [7, 11) is 0. The van der Waals surface area contributed by atoms with E-state index in [0.717, 1.165) is 17.8 Å². The fourth-order valence-corrected chi connectivity index (χ4v) is 11.8. The molecule has 3 unspecified atom stereocenters. The van der Waals surface area contributed by atoms with Gasteiger partial charge in [-0.1, -0.05) is 161 Å². The maximum Gasteiger partial charge on any atom is 0.0465 e. The average molecular weight is 766 g/mol. The van der Waals surface area contributed by atoms with Crippen molar-refractivity contribution >= 4 is 17.1 Å². The first-order chi connectivity index (χ1) is 29.0. The lowest BCUT2D eigenvalue weighted by atomic mass is 9.81. The zero-order valence-corrected chi connectivity index (χ0v) is 34.7. The van der Waals surface area contributed by atoms with Crippen LogP contribution >= 0.6 is 0 Å². The normalized spacial score (nSPS) is 20.3. The predicted octanol–water partition coefficient (Wildman–Crippen LogP) is 16.4. The van der Waals surface area contributed by atoms with Crippen molar-refractivity contribution in [3.8, 4) is 44.5 Å². The van der Waals surface area contributed by atoms with E-state index >= 15 is 0 Å². The van der Waals surface area contributed by atoms with Crippen molar-refractivity contribution in [1.82, 2.24) is 0 Å². The van der Waals surface area contributed by atoms with E-state index in [9.17, 15) is 0 Å². The van der Waals surface area contributed by atoms with E-state index in [2.05, 4.69) is 183 Å². The summed E-state index contributed by atoms with van der Waals surface area (Å²) in [5, 5.41) is 0. The Morgan fingerprint density at radius 3 is 1.83 bits per heavy atom. The molecule has 1 heteroatoms. The number of rotatable bonds is 8. The second kappa shape index (κ2) is 14.9. The SMILES string of the molecule is CC1(C)c2ccc(-c3ccccc3-c3ccccc3)cc2-c2ccc(N(c3ccc(-c4cccc(C5CCCCC5)c4)cc3)c3ccc(C4CC5CCC4C5)cc3)cc21. The summed E-state index contributed by atoms with van der Waals surface area (Å²) in [4.78, 5) is 2.49. The van der Waals surface area contributed by atoms with Crippen LogP contribution in [0.4, 0.5) is 17.1 Å². The Balaban J connectivity index is 0.969. The predicted molar refractivity (Wildman–Crippen MR) is 249 cm³/mol. The maximum atomic E-state index is 2.49. The van der Waals surface area contributed by atoms with Gasteiger partial charge in [-0.2, -0.15) is 0 Å². The Bertz CT molecular complexity index is 2630. The molecule has 0 saturated heterocycles. The Labute approximate surface area is 351 Å². The zero-order chi connectivity index (χ0) is 39.5. The molecule has 0 N–H and O–H groups in total. The van der Waals surface area contributed by atoms with Crippen LogP contribution in [0.1, 0.15) is 106 Å². The highest BCUT2D eigenvalue weighted by molar-refractivity contribution is 5.90. The molecule has 4 aliphatic rings. The second-order valence-electron chi connectivity index (χ2n) is 18.7. The third kappa shape index (κ3) is 6.55. The Morgan fingerprint density at radius 1 is 0.424 bits per heavy atom. The lowest BCUT2D eigenvalue weighted by molar-refractivity contribution is 0.420. The average Bonchev–Trinajstić information content (AvgIpc) is 4.00. The van der Waals surface area contributed by atoms with E-state index in [1.807, 2.05) is 0 Å². The Morgan fingerprint density at radius 2 is 1.10 bits per heavy atom. The quantitative estimate of drug-likeness (QED) is 0.149. The molecule has 1 nitrogen and oxygen atoms in total. The molecule has 0 aliphatic heterocycles. The van der Waals surface area contributed by atoms with Gasteiger partial charge < -0.3 is 4.90 Å². The van der Waals surface area contributed by atoms with Crippen molar-refractivity contribution in [3.63, 3.8) is 0 Å². The number of anilines is 3. The fraction of sp³-hybridized carbons (Fsp3) is 0.276. The number of fused-ring (bicyclic) bond motifs is 5. The van der Waals surface area contributed by atoms with Crippen molar-refractivity contribution in [2.24, 2.45) is 11.8 Å². The topological polar surface area (TPSA) is 3.24 Å². The summed E-state index contributed by atoms with van der Waals surface area (Å²) in [6.07, 6.45) is 12.4. The molecular weight excluding hydrogens is 711 g/mol. The molecule has 4 aliphatic carbocycles. The third-order valence-electron chi connectivity index (χ3n) is 15.0. The molecule has 0 spiro atoms. The van der Waals surface area contributed by atoms with Crippen LogP contribution in [0.25, 0.3) is 44.5 Å². The van der Waals surface area contributed by atoms with Gasteiger partial charge in [0.05, 0.1) is 0 Å². The van der Waals surface area contributed by atoms with E-state index in [-0.39, 0.29) is 5.41 Å². The molecular formula is C58H55N. The lowest BCUT2D eigenvalue weighted by Gasteiger charge is -2.29. The van der Waals surface area contributed by atoms with E-state index in [0.29, 0.717) is 5.92 Å². The molecule has 7 aromatic carbocycles. The van der Waals surface area contributed by atoms with E-state index in [1.165, 1.54) is 142 Å². The standard InChI is InChI=1S/C58H55N/c1-58(2)56-33-26-47(52-19-10-9-18-51(52)42-14-7-4-8-15-42)37-55(56)53-32-31-50(38-57(53)58)59(49-29-24-43(25-30-49)54-35-39-20-21-46(54)34-39)48-27-22-41(23-28-48)45-17-11-16-44(36-45)40-12-5-3-6-13-40/h4,7-11,14-19,22-33,36-40,46,54H,3,5-6,12-13,20-21,34-35H2,1-2H3. The minimum atomic E-state index is -0.136. The van der Waals surface area contributed by atoms with Gasteiger partial charge in [0, 0.05) is 22.5 Å². The van der Waals surface area contributed by atoms with Gasteiger partial charge in [-0.15, -0.1) is 0 Å². The summed E-state index contributed by atoms with van der Waals surface area (Å²) < 4.78 is 0. The Kier molecular flexibility index (Phi) is 9.18. The third-order valence-corrected chi connectivity index (χ3v) is 15.0. The molecule has 59 heavy (non-hydrogen) atoms. The minimum Gasteiger partial charge on any atom is -0.310 e. The number of hydrogen-bond donors (Lipinski definition) is 0. The van der Waals surface area contributed by atoms with Crippen molar-refractivity contribution in [2.45, 2.75) is 88.9 Å². The second-order valence-corrected chi connectivity index (χ2v) is 18.7. The van der Waals surface area contributed by atoms with Crippen LogP contribution < -0.4 is 4.90 Å². The van der Waals surface area contributed by atoms with E-state index in [1.54, 1.807) is 0 Å². The van der Waals surface area contributed by atoms with Crippen molar-refractivity contribution in [1.29, 1.82) is 0 Å². The molecule has 3 fully saturated rings. The van der Waals surface area contributed by atoms with Crippen molar-refractivity contribution < 1.29 is 0 Å². The molecule has 3 atom stereocenters. The number of hydrogen-bond acceptors (Lipinski definition) is 1. The lowest BCUT2D eigenvalue weighted by Crippen LogP contribution is -2.16. The first-order valence-electron chi connectivity index (χ1n) is 22.5. The summed E-state index contributed by atoms with van der Waals surface area (Å²) in [6, 6.07) is 62.5. The smallest absolute Gasteiger partial charge is 0.0465 e. The fourth-order valence-electron chi connectivity index (χ4n) is 11.8. The molecule has 3 saturated carbocycles. The first-order valence-corrected chi connectivity index (χ1v) is 22.5. The van der Waals surface area contributed by atoms with Crippen molar-refractivity contribution in [2.75, 3.05) is 4.90 Å². The monoisotopic (exact) mass is 765 g/mol. The van der Waals surface area contributed by atoms with Gasteiger partial charge in [-0.3, -0.25) is 0 Å². The minimum absolute atomic E-state index is 0.136. The van der Waals surface area contributed by atoms with Gasteiger partial charge in [-0.05, 0) is 165 Å². The van der Waals surface area contributed by atoms with Crippen LogP contribution in [0, 0.1) is 11.8 Å². The van der Waals surface area contributed by atoms with Crippen LogP contribution in [0.15, 0.2) is 164 Å². The van der Waals surface area contributed by atoms with Gasteiger partial charge in [0.1, 0.15) is 0 Å².